The number of methoxy groups -OCH3 is 1. The van der Waals surface area contributed by atoms with E-state index < -0.39 is 11.0 Å². The van der Waals surface area contributed by atoms with Crippen molar-refractivity contribution in [2.75, 3.05) is 45.3 Å². The van der Waals surface area contributed by atoms with Gasteiger partial charge >= 0.3 is 0 Å². The number of nitro groups is 1. The van der Waals surface area contributed by atoms with Gasteiger partial charge in [-0.2, -0.15) is 0 Å². The lowest BCUT2D eigenvalue weighted by molar-refractivity contribution is -0.384. The maximum absolute atomic E-state index is 10.7. The molecular formula is C26H29BrClN3O7. The molecule has 204 valence electrons. The average Bonchev–Trinajstić information content (AvgIpc) is 2.91. The summed E-state index contributed by atoms with van der Waals surface area (Å²) in [6.07, 6.45) is -0.864. The van der Waals surface area contributed by atoms with Gasteiger partial charge in [0.1, 0.15) is 25.9 Å². The fraction of sp³-hybridized carbons (Fsp3) is 0.308. The maximum atomic E-state index is 10.7. The van der Waals surface area contributed by atoms with Crippen molar-refractivity contribution in [1.29, 1.82) is 0 Å². The Hall–Kier alpha value is -3.25. The Kier molecular flexibility index (Phi) is 10.8. The van der Waals surface area contributed by atoms with Crippen molar-refractivity contribution in [2.45, 2.75) is 12.6 Å². The monoisotopic (exact) mass is 609 g/mol. The van der Waals surface area contributed by atoms with Gasteiger partial charge in [-0.05, 0) is 63.5 Å². The van der Waals surface area contributed by atoms with E-state index in [-0.39, 0.29) is 24.7 Å². The number of nitrogens with one attached hydrogen (secondary N) is 2. The highest BCUT2D eigenvalue weighted by Gasteiger charge is 2.18. The summed E-state index contributed by atoms with van der Waals surface area (Å²) in [7, 11) is 1.57. The number of halogens is 2. The molecule has 1 atom stereocenters. The third-order valence-electron chi connectivity index (χ3n) is 5.66. The third-order valence-corrected chi connectivity index (χ3v) is 6.25. The Labute approximate surface area is 234 Å². The molecule has 3 aromatic rings. The van der Waals surface area contributed by atoms with Gasteiger partial charge in [0.05, 0.1) is 16.5 Å². The lowest BCUT2D eigenvalue weighted by atomic mass is 10.1. The molecule has 0 aromatic heterocycles. The summed E-state index contributed by atoms with van der Waals surface area (Å²) < 4.78 is 23.3. The van der Waals surface area contributed by atoms with E-state index in [1.807, 2.05) is 12.1 Å². The Morgan fingerprint density at radius 1 is 1.08 bits per heavy atom. The molecule has 1 unspecified atom stereocenters. The molecule has 10 nitrogen and oxygen atoms in total. The number of hydrogen-bond donors (Lipinski definition) is 3. The summed E-state index contributed by atoms with van der Waals surface area (Å²) in [6.45, 7) is 2.94. The van der Waals surface area contributed by atoms with Crippen LogP contribution in [0.3, 0.4) is 0 Å². The van der Waals surface area contributed by atoms with E-state index in [0.29, 0.717) is 65.9 Å². The van der Waals surface area contributed by atoms with Crippen LogP contribution in [0.2, 0.25) is 0 Å². The minimum absolute atomic E-state index is 0. The first-order chi connectivity index (χ1) is 17.9. The topological polar surface area (TPSA) is 124 Å². The summed E-state index contributed by atoms with van der Waals surface area (Å²) in [6, 6.07) is 15.5. The molecule has 0 aliphatic carbocycles. The lowest BCUT2D eigenvalue weighted by Gasteiger charge is -2.21. The van der Waals surface area contributed by atoms with Crippen molar-refractivity contribution in [3.05, 3.63) is 80.3 Å². The smallest absolute Gasteiger partial charge is 0.269 e. The standard InChI is InChI=1S/C26H28BrN3O7.ClH/c1-34-25-13-17(15-28-8-9-29-19-3-5-20(6-4-19)30(32)33)12-21(27)26(25)37-16-22(31)18-2-7-23-24(14-18)36-11-10-35-23;/h2-7,12-14,22,28-29,31H,8-11,15-16H2,1H3;1H. The third kappa shape index (κ3) is 7.64. The van der Waals surface area contributed by atoms with Gasteiger partial charge in [0.25, 0.3) is 5.69 Å². The fourth-order valence-corrected chi connectivity index (χ4v) is 4.37. The molecule has 0 bridgehead atoms. The number of fused-ring (bicyclic) bond motifs is 1. The fourth-order valence-electron chi connectivity index (χ4n) is 3.77. The number of non-ortho nitro benzene ring substituents is 1. The normalized spacial score (nSPS) is 12.7. The zero-order valence-corrected chi connectivity index (χ0v) is 23.0. The molecule has 0 saturated carbocycles. The number of hydrogen-bond acceptors (Lipinski definition) is 9. The summed E-state index contributed by atoms with van der Waals surface area (Å²) in [5, 5.41) is 28.0. The quantitative estimate of drug-likeness (QED) is 0.150. The Morgan fingerprint density at radius 3 is 2.53 bits per heavy atom. The predicted octanol–water partition coefficient (Wildman–Crippen LogP) is 4.87. The lowest BCUT2D eigenvalue weighted by Crippen LogP contribution is -2.21. The van der Waals surface area contributed by atoms with E-state index in [4.69, 9.17) is 18.9 Å². The number of benzene rings is 3. The van der Waals surface area contributed by atoms with Crippen LogP contribution in [0.5, 0.6) is 23.0 Å². The van der Waals surface area contributed by atoms with Gasteiger partial charge in [-0.15, -0.1) is 12.4 Å². The highest BCUT2D eigenvalue weighted by Crippen LogP contribution is 2.38. The second-order valence-electron chi connectivity index (χ2n) is 8.25. The molecular weight excluding hydrogens is 582 g/mol. The summed E-state index contributed by atoms with van der Waals surface area (Å²) in [5.74, 6) is 2.33. The summed E-state index contributed by atoms with van der Waals surface area (Å²) in [4.78, 5) is 10.3. The average molecular weight is 611 g/mol. The molecule has 0 amide bonds. The number of ether oxygens (including phenoxy) is 4. The summed E-state index contributed by atoms with van der Waals surface area (Å²) >= 11 is 3.55. The predicted molar refractivity (Wildman–Crippen MR) is 149 cm³/mol. The van der Waals surface area contributed by atoms with Crippen LogP contribution in [0.4, 0.5) is 11.4 Å². The van der Waals surface area contributed by atoms with Crippen molar-refractivity contribution in [3.8, 4) is 23.0 Å². The van der Waals surface area contributed by atoms with Gasteiger partial charge in [-0.3, -0.25) is 10.1 Å². The van der Waals surface area contributed by atoms with Gasteiger partial charge in [0, 0.05) is 37.5 Å². The molecule has 1 aliphatic rings. The minimum Gasteiger partial charge on any atom is -0.493 e. The zero-order chi connectivity index (χ0) is 26.2. The van der Waals surface area contributed by atoms with E-state index in [1.165, 1.54) is 12.1 Å². The Morgan fingerprint density at radius 2 is 1.82 bits per heavy atom. The minimum atomic E-state index is -0.864. The van der Waals surface area contributed by atoms with Crippen molar-refractivity contribution < 1.29 is 29.0 Å². The van der Waals surface area contributed by atoms with E-state index >= 15 is 0 Å². The van der Waals surface area contributed by atoms with Gasteiger partial charge in [-0.25, -0.2) is 0 Å². The van der Waals surface area contributed by atoms with Crippen LogP contribution < -0.4 is 29.6 Å². The number of anilines is 1. The molecule has 0 spiro atoms. The highest BCUT2D eigenvalue weighted by molar-refractivity contribution is 9.10. The molecule has 1 aliphatic heterocycles. The van der Waals surface area contributed by atoms with E-state index in [2.05, 4.69) is 26.6 Å². The largest absolute Gasteiger partial charge is 0.493 e. The molecule has 3 aromatic carbocycles. The molecule has 1 heterocycles. The molecule has 3 N–H and O–H groups in total. The van der Waals surface area contributed by atoms with Gasteiger partial charge < -0.3 is 34.7 Å². The molecule has 12 heteroatoms. The van der Waals surface area contributed by atoms with Crippen molar-refractivity contribution >= 4 is 39.7 Å². The maximum Gasteiger partial charge on any atom is 0.269 e. The molecule has 4 rings (SSSR count). The molecule has 0 radical (unpaired) electrons. The van der Waals surface area contributed by atoms with Crippen LogP contribution in [-0.4, -0.2) is 50.0 Å². The van der Waals surface area contributed by atoms with Gasteiger partial charge in [0.2, 0.25) is 0 Å². The highest BCUT2D eigenvalue weighted by atomic mass is 79.9. The van der Waals surface area contributed by atoms with Crippen molar-refractivity contribution in [1.82, 2.24) is 5.32 Å². The van der Waals surface area contributed by atoms with E-state index in [1.54, 1.807) is 37.4 Å². The van der Waals surface area contributed by atoms with Crippen LogP contribution in [0.1, 0.15) is 17.2 Å². The first-order valence-electron chi connectivity index (χ1n) is 11.7. The van der Waals surface area contributed by atoms with Crippen LogP contribution in [0.25, 0.3) is 0 Å². The van der Waals surface area contributed by atoms with Crippen LogP contribution in [0.15, 0.2) is 59.1 Å². The summed E-state index contributed by atoms with van der Waals surface area (Å²) in [5.41, 5.74) is 2.53. The van der Waals surface area contributed by atoms with E-state index in [0.717, 1.165) is 11.3 Å². The molecule has 38 heavy (non-hydrogen) atoms. The number of nitro benzene ring substituents is 1. The Bertz CT molecular complexity index is 1230. The van der Waals surface area contributed by atoms with Gasteiger partial charge in [0.15, 0.2) is 23.0 Å². The molecule has 0 fully saturated rings. The second-order valence-corrected chi connectivity index (χ2v) is 9.10. The number of nitrogens with zero attached hydrogens (tertiary/aromatic N) is 1. The van der Waals surface area contributed by atoms with Crippen LogP contribution >= 0.6 is 28.3 Å². The Balaban J connectivity index is 0.00000400. The SMILES string of the molecule is COc1cc(CNCCNc2ccc([N+](=O)[O-])cc2)cc(Br)c1OCC(O)c1ccc2c(c1)OCCO2.Cl. The number of aliphatic hydroxyl groups excluding tert-OH is 1. The number of rotatable bonds is 12. The second kappa shape index (κ2) is 14.1. The first-order valence-corrected chi connectivity index (χ1v) is 12.5. The van der Waals surface area contributed by atoms with Crippen LogP contribution in [0, 0.1) is 10.1 Å². The van der Waals surface area contributed by atoms with E-state index in [9.17, 15) is 15.2 Å². The van der Waals surface area contributed by atoms with Crippen molar-refractivity contribution in [3.63, 3.8) is 0 Å². The van der Waals surface area contributed by atoms with Gasteiger partial charge in [-0.1, -0.05) is 6.07 Å². The van der Waals surface area contributed by atoms with Crippen LogP contribution in [-0.2, 0) is 6.54 Å². The number of aliphatic hydroxyl groups is 1. The first kappa shape index (κ1) is 29.3. The zero-order valence-electron chi connectivity index (χ0n) is 20.6. The molecule has 0 saturated heterocycles. The van der Waals surface area contributed by atoms with Crippen molar-refractivity contribution in [2.24, 2.45) is 0 Å².